The van der Waals surface area contributed by atoms with Gasteiger partial charge in [0.2, 0.25) is 0 Å². The van der Waals surface area contributed by atoms with Gasteiger partial charge >= 0.3 is 0 Å². The average Bonchev–Trinajstić information content (AvgIpc) is 3.27. The van der Waals surface area contributed by atoms with Crippen LogP contribution in [0, 0.1) is 0 Å². The number of nitrogens with one attached hydrogen (secondary N) is 2. The summed E-state index contributed by atoms with van der Waals surface area (Å²) < 4.78 is 0. The Kier molecular flexibility index (Phi) is 5.63. The van der Waals surface area contributed by atoms with Crippen LogP contribution in [0.1, 0.15) is 65.1 Å². The topological polar surface area (TPSA) is 110 Å². The van der Waals surface area contributed by atoms with E-state index in [1.807, 2.05) is 19.1 Å². The first-order valence-electron chi connectivity index (χ1n) is 10.6. The van der Waals surface area contributed by atoms with Crippen molar-refractivity contribution in [3.05, 3.63) is 76.1 Å². The molecule has 2 atom stereocenters. The largest absolute Gasteiger partial charge is 0.352 e. The van der Waals surface area contributed by atoms with Crippen LogP contribution in [-0.4, -0.2) is 39.1 Å². The zero-order chi connectivity index (χ0) is 21.1. The fourth-order valence-electron chi connectivity index (χ4n) is 4.62. The maximum absolute atomic E-state index is 12.5. The van der Waals surface area contributed by atoms with Crippen LogP contribution < -0.4 is 11.1 Å². The van der Waals surface area contributed by atoms with Gasteiger partial charge in [0.15, 0.2) is 5.82 Å². The molecule has 0 saturated heterocycles. The number of H-pyrrole nitrogens is 1. The molecule has 0 aliphatic heterocycles. The Labute approximate surface area is 176 Å². The molecule has 1 aliphatic carbocycles. The molecular weight excluding hydrogens is 376 g/mol. The Balaban J connectivity index is 1.99. The van der Waals surface area contributed by atoms with E-state index in [0.717, 1.165) is 30.4 Å². The van der Waals surface area contributed by atoms with E-state index in [4.69, 9.17) is 5.73 Å². The highest BCUT2D eigenvalue weighted by Gasteiger charge is 2.45. The zero-order valence-corrected chi connectivity index (χ0v) is 17.5. The minimum atomic E-state index is -0.620. The zero-order valence-electron chi connectivity index (χ0n) is 17.5. The molecule has 4 N–H and O–H groups in total. The van der Waals surface area contributed by atoms with Gasteiger partial charge in [-0.1, -0.05) is 42.5 Å². The molecular formula is C23H28N6O. The second kappa shape index (κ2) is 8.36. The minimum absolute atomic E-state index is 0.0365. The lowest BCUT2D eigenvalue weighted by Crippen LogP contribution is -2.39. The summed E-state index contributed by atoms with van der Waals surface area (Å²) in [6, 6.07) is 14.4. The molecule has 1 heterocycles. The van der Waals surface area contributed by atoms with E-state index in [1.165, 1.54) is 11.1 Å². The molecule has 0 spiro atoms. The van der Waals surface area contributed by atoms with Gasteiger partial charge in [-0.2, -0.15) is 5.21 Å². The van der Waals surface area contributed by atoms with Crippen molar-refractivity contribution in [3.63, 3.8) is 0 Å². The van der Waals surface area contributed by atoms with Crippen molar-refractivity contribution < 1.29 is 4.79 Å². The second-order valence-corrected chi connectivity index (χ2v) is 7.90. The number of nitrogens with two attached hydrogens (primary N) is 1. The molecule has 7 heteroatoms. The lowest BCUT2D eigenvalue weighted by atomic mass is 9.67. The predicted octanol–water partition coefficient (Wildman–Crippen LogP) is 2.51. The van der Waals surface area contributed by atoms with Crippen molar-refractivity contribution in [1.82, 2.24) is 25.9 Å². The molecule has 3 aromatic rings. The third kappa shape index (κ3) is 3.39. The van der Waals surface area contributed by atoms with Crippen molar-refractivity contribution in [2.24, 2.45) is 5.73 Å². The van der Waals surface area contributed by atoms with Crippen molar-refractivity contribution in [2.75, 3.05) is 6.54 Å². The molecule has 0 saturated carbocycles. The van der Waals surface area contributed by atoms with E-state index in [9.17, 15) is 4.79 Å². The fourth-order valence-corrected chi connectivity index (χ4v) is 4.62. The quantitative estimate of drug-likeness (QED) is 0.585. The van der Waals surface area contributed by atoms with Crippen molar-refractivity contribution in [2.45, 2.75) is 51.0 Å². The van der Waals surface area contributed by atoms with E-state index < -0.39 is 5.41 Å². The third-order valence-electron chi connectivity index (χ3n) is 6.13. The lowest BCUT2D eigenvalue weighted by Gasteiger charge is -2.35. The van der Waals surface area contributed by atoms with Crippen LogP contribution in [-0.2, 0) is 18.3 Å². The molecule has 2 unspecified atom stereocenters. The normalized spacial score (nSPS) is 18.8. The van der Waals surface area contributed by atoms with Gasteiger partial charge in [0.1, 0.15) is 0 Å². The van der Waals surface area contributed by atoms with Crippen LogP contribution in [0.25, 0.3) is 0 Å². The Hall–Kier alpha value is -3.06. The van der Waals surface area contributed by atoms with Gasteiger partial charge in [0.25, 0.3) is 5.91 Å². The number of hydrogen-bond donors (Lipinski definition) is 3. The summed E-state index contributed by atoms with van der Waals surface area (Å²) in [7, 11) is 0. The average molecular weight is 405 g/mol. The number of hydrogen-bond acceptors (Lipinski definition) is 5. The standard InChI is InChI=1S/C23H28N6O/c1-3-18(24)14-23(22-26-28-29-27-22)19-8-6-5-7-15(19)9-10-16-13-17(11-12-20(16)23)21(30)25-4-2/h5-8,11-13,18H,3-4,9-10,14,24H2,1-2H3,(H,25,30)(H,26,27,28,29). The van der Waals surface area contributed by atoms with Crippen LogP contribution >= 0.6 is 0 Å². The summed E-state index contributed by atoms with van der Waals surface area (Å²) in [6.45, 7) is 4.61. The summed E-state index contributed by atoms with van der Waals surface area (Å²) in [5.41, 5.74) is 11.2. The Morgan fingerprint density at radius 3 is 2.67 bits per heavy atom. The summed E-state index contributed by atoms with van der Waals surface area (Å²) in [5, 5.41) is 18.3. The van der Waals surface area contributed by atoms with Crippen molar-refractivity contribution in [3.8, 4) is 0 Å². The molecule has 0 radical (unpaired) electrons. The lowest BCUT2D eigenvalue weighted by molar-refractivity contribution is 0.0955. The Morgan fingerprint density at radius 2 is 1.93 bits per heavy atom. The van der Waals surface area contributed by atoms with Gasteiger partial charge in [-0.25, -0.2) is 0 Å². The van der Waals surface area contributed by atoms with Crippen LogP contribution in [0.2, 0.25) is 0 Å². The molecule has 0 bridgehead atoms. The number of carbonyl (C=O) groups is 1. The molecule has 30 heavy (non-hydrogen) atoms. The predicted molar refractivity (Wildman–Crippen MR) is 115 cm³/mol. The van der Waals surface area contributed by atoms with E-state index in [2.05, 4.69) is 63.2 Å². The maximum Gasteiger partial charge on any atom is 0.251 e. The molecule has 1 aromatic heterocycles. The number of aryl methyl sites for hydroxylation is 2. The molecule has 1 amide bonds. The first-order valence-corrected chi connectivity index (χ1v) is 10.6. The van der Waals surface area contributed by atoms with Gasteiger partial charge in [-0.3, -0.25) is 4.79 Å². The highest BCUT2D eigenvalue weighted by atomic mass is 16.1. The van der Waals surface area contributed by atoms with Crippen LogP contribution in [0.3, 0.4) is 0 Å². The van der Waals surface area contributed by atoms with Crippen LogP contribution in [0.4, 0.5) is 0 Å². The van der Waals surface area contributed by atoms with Crippen LogP contribution in [0.5, 0.6) is 0 Å². The van der Waals surface area contributed by atoms with Crippen molar-refractivity contribution >= 4 is 5.91 Å². The highest BCUT2D eigenvalue weighted by molar-refractivity contribution is 5.94. The van der Waals surface area contributed by atoms with E-state index in [0.29, 0.717) is 24.4 Å². The first kappa shape index (κ1) is 20.2. The molecule has 2 aromatic carbocycles. The summed E-state index contributed by atoms with van der Waals surface area (Å²) in [6.07, 6.45) is 3.21. The van der Waals surface area contributed by atoms with Gasteiger partial charge in [-0.15, -0.1) is 10.2 Å². The number of aromatic amines is 1. The molecule has 4 rings (SSSR count). The fraction of sp³-hybridized carbons (Fsp3) is 0.391. The van der Waals surface area contributed by atoms with Crippen molar-refractivity contribution in [1.29, 1.82) is 0 Å². The van der Waals surface area contributed by atoms with E-state index in [-0.39, 0.29) is 11.9 Å². The third-order valence-corrected chi connectivity index (χ3v) is 6.13. The summed E-state index contributed by atoms with van der Waals surface area (Å²) >= 11 is 0. The number of carbonyl (C=O) groups excluding carboxylic acids is 1. The number of amides is 1. The van der Waals surface area contributed by atoms with Gasteiger partial charge < -0.3 is 11.1 Å². The number of aromatic nitrogens is 4. The highest BCUT2D eigenvalue weighted by Crippen LogP contribution is 2.46. The van der Waals surface area contributed by atoms with Gasteiger partial charge in [-0.05, 0) is 67.0 Å². The smallest absolute Gasteiger partial charge is 0.251 e. The van der Waals surface area contributed by atoms with Gasteiger partial charge in [0.05, 0.1) is 5.41 Å². The summed E-state index contributed by atoms with van der Waals surface area (Å²) in [5.74, 6) is 0.560. The number of tetrazole rings is 1. The second-order valence-electron chi connectivity index (χ2n) is 7.90. The van der Waals surface area contributed by atoms with E-state index >= 15 is 0 Å². The Bertz CT molecular complexity index is 1030. The summed E-state index contributed by atoms with van der Waals surface area (Å²) in [4.78, 5) is 12.5. The minimum Gasteiger partial charge on any atom is -0.352 e. The number of benzene rings is 2. The SMILES string of the molecule is CCNC(=O)c1ccc2c(c1)CCc1ccccc1C2(CC(N)CC)c1nn[nH]n1. The maximum atomic E-state index is 12.5. The number of nitrogens with zero attached hydrogens (tertiary/aromatic N) is 3. The molecule has 156 valence electrons. The van der Waals surface area contributed by atoms with E-state index in [1.54, 1.807) is 0 Å². The monoisotopic (exact) mass is 404 g/mol. The Morgan fingerprint density at radius 1 is 1.17 bits per heavy atom. The first-order chi connectivity index (χ1) is 14.6. The van der Waals surface area contributed by atoms with Crippen LogP contribution in [0.15, 0.2) is 42.5 Å². The number of fused-ring (bicyclic) bond motifs is 2. The molecule has 0 fully saturated rings. The molecule has 7 nitrogen and oxygen atoms in total. The van der Waals surface area contributed by atoms with Gasteiger partial charge in [0, 0.05) is 18.2 Å². The molecule has 1 aliphatic rings. The number of rotatable bonds is 6.